The predicted molar refractivity (Wildman–Crippen MR) is 131 cm³/mol. The van der Waals surface area contributed by atoms with Gasteiger partial charge in [0.2, 0.25) is 0 Å². The highest BCUT2D eigenvalue weighted by Crippen LogP contribution is 2.64. The molecular formula is C29H36FN3O2. The highest BCUT2D eigenvalue weighted by molar-refractivity contribution is 5.86. The molecule has 6 heteroatoms. The van der Waals surface area contributed by atoms with Gasteiger partial charge in [-0.05, 0) is 105 Å². The summed E-state index contributed by atoms with van der Waals surface area (Å²) in [5.74, 6) is 3.34. The smallest absolute Gasteiger partial charge is 0.157 e. The number of nitriles is 1. The van der Waals surface area contributed by atoms with E-state index < -0.39 is 12.3 Å². The van der Waals surface area contributed by atoms with Gasteiger partial charge < -0.3 is 5.11 Å². The lowest BCUT2D eigenvalue weighted by Crippen LogP contribution is -2.52. The second-order valence-corrected chi connectivity index (χ2v) is 12.4. The number of rotatable bonds is 4. The first-order valence-corrected chi connectivity index (χ1v) is 13.5. The van der Waals surface area contributed by atoms with Crippen molar-refractivity contribution >= 4 is 16.7 Å². The van der Waals surface area contributed by atoms with Crippen molar-refractivity contribution in [2.45, 2.75) is 76.9 Å². The van der Waals surface area contributed by atoms with E-state index in [2.05, 4.69) is 18.1 Å². The minimum atomic E-state index is -1.09. The highest BCUT2D eigenvalue weighted by Gasteiger charge is 2.59. The van der Waals surface area contributed by atoms with Crippen LogP contribution in [-0.4, -0.2) is 32.9 Å². The van der Waals surface area contributed by atoms with E-state index in [0.717, 1.165) is 55.8 Å². The summed E-state index contributed by atoms with van der Waals surface area (Å²) in [5.41, 5.74) is 0.310. The lowest BCUT2D eigenvalue weighted by molar-refractivity contribution is -0.134. The van der Waals surface area contributed by atoms with Gasteiger partial charge in [-0.2, -0.15) is 10.4 Å². The molecule has 0 saturated heterocycles. The van der Waals surface area contributed by atoms with Crippen LogP contribution in [0.1, 0.15) is 70.3 Å². The second-order valence-electron chi connectivity index (χ2n) is 12.4. The summed E-state index contributed by atoms with van der Waals surface area (Å²) < 4.78 is 15.2. The molecule has 2 aromatic rings. The van der Waals surface area contributed by atoms with E-state index in [9.17, 15) is 19.6 Å². The maximum Gasteiger partial charge on any atom is 0.157 e. The molecule has 1 aromatic heterocycles. The monoisotopic (exact) mass is 477 g/mol. The van der Waals surface area contributed by atoms with Crippen LogP contribution in [0.15, 0.2) is 24.4 Å². The quantitative estimate of drug-likeness (QED) is 0.635. The molecule has 4 aliphatic rings. The zero-order valence-corrected chi connectivity index (χ0v) is 20.6. The van der Waals surface area contributed by atoms with E-state index in [4.69, 9.17) is 0 Å². The molecule has 35 heavy (non-hydrogen) atoms. The number of benzene rings is 1. The van der Waals surface area contributed by atoms with Crippen molar-refractivity contribution in [2.24, 2.45) is 40.9 Å². The Morgan fingerprint density at radius 1 is 1.17 bits per heavy atom. The van der Waals surface area contributed by atoms with Crippen LogP contribution in [0.4, 0.5) is 4.39 Å². The third kappa shape index (κ3) is 3.65. The number of ketones is 1. The predicted octanol–water partition coefficient (Wildman–Crippen LogP) is 5.45. The average Bonchev–Trinajstić information content (AvgIpc) is 3.43. The van der Waals surface area contributed by atoms with Crippen molar-refractivity contribution in [1.82, 2.24) is 9.78 Å². The third-order valence-corrected chi connectivity index (χ3v) is 10.8. The zero-order chi connectivity index (χ0) is 24.4. The van der Waals surface area contributed by atoms with Crippen LogP contribution in [0, 0.1) is 52.3 Å². The van der Waals surface area contributed by atoms with Gasteiger partial charge in [0.1, 0.15) is 6.67 Å². The number of alkyl halides is 1. The number of aliphatic hydroxyl groups is 1. The van der Waals surface area contributed by atoms with Gasteiger partial charge in [-0.1, -0.05) is 13.0 Å². The van der Waals surface area contributed by atoms with Gasteiger partial charge in [0.25, 0.3) is 0 Å². The number of carbonyl (C=O) groups excluding carboxylic acids is 1. The van der Waals surface area contributed by atoms with Crippen molar-refractivity contribution < 1.29 is 14.3 Å². The molecule has 0 amide bonds. The van der Waals surface area contributed by atoms with Crippen LogP contribution in [0.5, 0.6) is 0 Å². The molecule has 186 valence electrons. The number of Topliss-reactive ketones (excluding diaryl/α,β-unsaturated/α-hetero) is 1. The Hall–Kier alpha value is -2.26. The van der Waals surface area contributed by atoms with Crippen LogP contribution >= 0.6 is 0 Å². The maximum absolute atomic E-state index is 13.6. The van der Waals surface area contributed by atoms with Gasteiger partial charge >= 0.3 is 0 Å². The number of hydrogen-bond donors (Lipinski definition) is 1. The summed E-state index contributed by atoms with van der Waals surface area (Å²) in [6.07, 6.45) is 10.6. The molecule has 1 N–H and O–H groups in total. The molecule has 1 heterocycles. The lowest BCUT2D eigenvalue weighted by Gasteiger charge is -2.56. The lowest BCUT2D eigenvalue weighted by atomic mass is 9.49. The van der Waals surface area contributed by atoms with Crippen molar-refractivity contribution in [3.63, 3.8) is 0 Å². The highest BCUT2D eigenvalue weighted by atomic mass is 19.1. The third-order valence-electron chi connectivity index (χ3n) is 10.8. The van der Waals surface area contributed by atoms with Crippen LogP contribution < -0.4 is 0 Å². The number of nitrogens with zero attached hydrogens (tertiary/aromatic N) is 3. The SMILES string of the molecule is C[C@]12CC[C@H]3[C@@H](CC[C@@H]4C[C@@](O)(CF)CC[C@@H]43)[C@@H]1CC[C@@H]2C(=O)Cn1cc2c(C#N)cccc2n1. The van der Waals surface area contributed by atoms with E-state index >= 15 is 0 Å². The van der Waals surface area contributed by atoms with E-state index in [1.54, 1.807) is 10.7 Å². The van der Waals surface area contributed by atoms with Crippen molar-refractivity contribution in [1.29, 1.82) is 5.26 Å². The van der Waals surface area contributed by atoms with Crippen LogP contribution in [0.25, 0.3) is 10.9 Å². The number of carbonyl (C=O) groups is 1. The molecule has 6 rings (SSSR count). The fourth-order valence-corrected chi connectivity index (χ4v) is 9.15. The molecule has 0 unspecified atom stereocenters. The van der Waals surface area contributed by atoms with Crippen LogP contribution in [0.3, 0.4) is 0 Å². The van der Waals surface area contributed by atoms with Gasteiger partial charge in [-0.3, -0.25) is 9.48 Å². The first-order chi connectivity index (χ1) is 16.8. The number of fused-ring (bicyclic) bond motifs is 6. The Kier molecular flexibility index (Phi) is 5.56. The summed E-state index contributed by atoms with van der Waals surface area (Å²) in [6, 6.07) is 7.73. The first-order valence-electron chi connectivity index (χ1n) is 13.5. The molecule has 0 bridgehead atoms. The zero-order valence-electron chi connectivity index (χ0n) is 20.6. The number of halogens is 1. The molecule has 4 saturated carbocycles. The average molecular weight is 478 g/mol. The summed E-state index contributed by atoms with van der Waals surface area (Å²) in [7, 11) is 0. The molecule has 1 aromatic carbocycles. The Balaban J connectivity index is 1.18. The Morgan fingerprint density at radius 2 is 2.00 bits per heavy atom. The molecule has 4 fully saturated rings. The topological polar surface area (TPSA) is 78.9 Å². The Labute approximate surface area is 206 Å². The van der Waals surface area contributed by atoms with Crippen molar-refractivity contribution in [2.75, 3.05) is 6.67 Å². The summed E-state index contributed by atoms with van der Waals surface area (Å²) in [6.45, 7) is 2.03. The summed E-state index contributed by atoms with van der Waals surface area (Å²) in [5, 5.41) is 25.3. The number of hydrogen-bond acceptors (Lipinski definition) is 4. The van der Waals surface area contributed by atoms with Gasteiger partial charge in [-0.15, -0.1) is 0 Å². The molecule has 0 aliphatic heterocycles. The molecule has 4 aliphatic carbocycles. The number of aromatic nitrogens is 2. The second kappa shape index (κ2) is 8.40. The van der Waals surface area contributed by atoms with E-state index in [0.29, 0.717) is 48.0 Å². The van der Waals surface area contributed by atoms with Gasteiger partial charge in [0.05, 0.1) is 29.3 Å². The molecule has 0 spiro atoms. The summed E-state index contributed by atoms with van der Waals surface area (Å²) in [4.78, 5) is 13.6. The van der Waals surface area contributed by atoms with Gasteiger partial charge in [0.15, 0.2) is 5.78 Å². The largest absolute Gasteiger partial charge is 0.387 e. The van der Waals surface area contributed by atoms with E-state index in [-0.39, 0.29) is 23.7 Å². The summed E-state index contributed by atoms with van der Waals surface area (Å²) >= 11 is 0. The van der Waals surface area contributed by atoms with Crippen LogP contribution in [-0.2, 0) is 11.3 Å². The Morgan fingerprint density at radius 3 is 2.80 bits per heavy atom. The van der Waals surface area contributed by atoms with E-state index in [1.807, 2.05) is 18.3 Å². The molecule has 0 radical (unpaired) electrons. The fourth-order valence-electron chi connectivity index (χ4n) is 9.15. The fraction of sp³-hybridized carbons (Fsp3) is 0.690. The Bertz CT molecular complexity index is 1190. The first kappa shape index (κ1) is 23.2. The van der Waals surface area contributed by atoms with Crippen molar-refractivity contribution in [3.8, 4) is 6.07 Å². The minimum absolute atomic E-state index is 0.0455. The molecular weight excluding hydrogens is 441 g/mol. The maximum atomic E-state index is 13.6. The van der Waals surface area contributed by atoms with Crippen molar-refractivity contribution in [3.05, 3.63) is 30.0 Å². The van der Waals surface area contributed by atoms with Gasteiger partial charge in [0, 0.05) is 17.5 Å². The normalized spacial score (nSPS) is 40.5. The van der Waals surface area contributed by atoms with Gasteiger partial charge in [-0.25, -0.2) is 4.39 Å². The standard InChI is InChI=1S/C29H36FN3O2/c1-28-11-9-21-20-10-12-29(35,17-30)13-18(20)5-6-22(21)24(28)7-8-25(28)27(34)16-33-15-23-19(14-31)3-2-4-26(23)32-33/h2-4,15,18,20-22,24-25,35H,5-13,16-17H2,1H3/t18-,20+,21-,22-,24+,25-,28+,29-/m1/s1. The molecule has 5 nitrogen and oxygen atoms in total. The van der Waals surface area contributed by atoms with E-state index in [1.165, 1.54) is 0 Å². The van der Waals surface area contributed by atoms with Crippen LogP contribution in [0.2, 0.25) is 0 Å². The molecule has 8 atom stereocenters. The minimum Gasteiger partial charge on any atom is -0.387 e.